The fraction of sp³-hybridized carbons (Fsp3) is 0.300. The predicted molar refractivity (Wildman–Crippen MR) is 106 cm³/mol. The van der Waals surface area contributed by atoms with E-state index in [4.69, 9.17) is 9.88 Å². The van der Waals surface area contributed by atoms with Crippen molar-refractivity contribution in [1.29, 1.82) is 0 Å². The number of hydrogen-bond acceptors (Lipinski definition) is 5. The van der Waals surface area contributed by atoms with Crippen molar-refractivity contribution in [2.45, 2.75) is 31.1 Å². The number of ether oxygens (including phenoxy) is 1. The molecule has 28 heavy (non-hydrogen) atoms. The Morgan fingerprint density at radius 1 is 1.11 bits per heavy atom. The number of rotatable bonds is 8. The van der Waals surface area contributed by atoms with Gasteiger partial charge in [0.05, 0.1) is 10.8 Å². The fourth-order valence-corrected chi connectivity index (χ4v) is 3.33. The molecule has 2 rings (SSSR count). The zero-order valence-corrected chi connectivity index (χ0v) is 16.6. The van der Waals surface area contributed by atoms with Crippen LogP contribution in [-0.2, 0) is 24.3 Å². The number of carbonyl (C=O) groups excluding carboxylic acids is 2. The van der Waals surface area contributed by atoms with Crippen molar-refractivity contribution >= 4 is 27.6 Å². The predicted octanol–water partition coefficient (Wildman–Crippen LogP) is 2.65. The summed E-state index contributed by atoms with van der Waals surface area (Å²) in [6.07, 6.45) is 0.779. The monoisotopic (exact) mass is 404 g/mol. The molecule has 0 fully saturated rings. The van der Waals surface area contributed by atoms with Crippen LogP contribution in [0.15, 0.2) is 59.5 Å². The first-order valence-electron chi connectivity index (χ1n) is 8.86. The van der Waals surface area contributed by atoms with Crippen LogP contribution in [0.4, 0.5) is 5.69 Å². The third-order valence-electron chi connectivity index (χ3n) is 4.42. The molecule has 3 N–H and O–H groups in total. The summed E-state index contributed by atoms with van der Waals surface area (Å²) in [5.74, 6) is -1.47. The van der Waals surface area contributed by atoms with E-state index < -0.39 is 34.4 Å². The van der Waals surface area contributed by atoms with E-state index in [0.717, 1.165) is 12.0 Å². The van der Waals surface area contributed by atoms with E-state index >= 15 is 0 Å². The Kier molecular flexibility index (Phi) is 7.31. The number of sulfonamides is 1. The Morgan fingerprint density at radius 2 is 1.79 bits per heavy atom. The van der Waals surface area contributed by atoms with Gasteiger partial charge in [0.1, 0.15) is 0 Å². The second-order valence-electron chi connectivity index (χ2n) is 6.50. The SMILES string of the molecule is CCC(C)C(C(=O)OCC(=O)Nc1cccc(S(N)(=O)=O)c1)c1ccccc1. The molecule has 8 heteroatoms. The summed E-state index contributed by atoms with van der Waals surface area (Å²) in [6.45, 7) is 3.47. The lowest BCUT2D eigenvalue weighted by molar-refractivity contribution is -0.150. The van der Waals surface area contributed by atoms with Crippen molar-refractivity contribution < 1.29 is 22.7 Å². The Balaban J connectivity index is 2.02. The van der Waals surface area contributed by atoms with E-state index in [1.54, 1.807) is 0 Å². The molecule has 7 nitrogen and oxygen atoms in total. The molecule has 0 saturated carbocycles. The summed E-state index contributed by atoms with van der Waals surface area (Å²) in [5, 5.41) is 7.57. The van der Waals surface area contributed by atoms with Gasteiger partial charge in [0, 0.05) is 5.69 Å². The zero-order chi connectivity index (χ0) is 20.7. The summed E-state index contributed by atoms with van der Waals surface area (Å²) < 4.78 is 28.0. The summed E-state index contributed by atoms with van der Waals surface area (Å²) in [4.78, 5) is 24.6. The van der Waals surface area contributed by atoms with Crippen LogP contribution in [0.2, 0.25) is 0 Å². The van der Waals surface area contributed by atoms with E-state index in [2.05, 4.69) is 5.32 Å². The zero-order valence-electron chi connectivity index (χ0n) is 15.8. The van der Waals surface area contributed by atoms with E-state index in [9.17, 15) is 18.0 Å². The normalized spacial score (nSPS) is 13.4. The van der Waals surface area contributed by atoms with Gasteiger partial charge in [-0.3, -0.25) is 9.59 Å². The van der Waals surface area contributed by atoms with Crippen molar-refractivity contribution in [2.24, 2.45) is 11.1 Å². The Hall–Kier alpha value is -2.71. The molecule has 150 valence electrons. The molecule has 0 aliphatic rings. The molecular weight excluding hydrogens is 380 g/mol. The van der Waals surface area contributed by atoms with Gasteiger partial charge in [0.25, 0.3) is 5.91 Å². The summed E-state index contributed by atoms with van der Waals surface area (Å²) in [6, 6.07) is 14.8. The number of carbonyl (C=O) groups is 2. The van der Waals surface area contributed by atoms with E-state index in [0.29, 0.717) is 0 Å². The molecule has 2 aromatic carbocycles. The van der Waals surface area contributed by atoms with Gasteiger partial charge in [-0.05, 0) is 29.7 Å². The maximum atomic E-state index is 12.6. The molecule has 0 aliphatic heterocycles. The van der Waals surface area contributed by atoms with Crippen LogP contribution in [0.1, 0.15) is 31.7 Å². The van der Waals surface area contributed by atoms with E-state index in [1.807, 2.05) is 44.2 Å². The van der Waals surface area contributed by atoms with Gasteiger partial charge in [-0.1, -0.05) is 56.7 Å². The molecule has 0 saturated heterocycles. The Labute approximate surface area is 164 Å². The van der Waals surface area contributed by atoms with Crippen molar-refractivity contribution in [2.75, 3.05) is 11.9 Å². The van der Waals surface area contributed by atoms with Crippen LogP contribution < -0.4 is 10.5 Å². The van der Waals surface area contributed by atoms with E-state index in [1.165, 1.54) is 24.3 Å². The van der Waals surface area contributed by atoms with Crippen molar-refractivity contribution in [1.82, 2.24) is 0 Å². The highest BCUT2D eigenvalue weighted by molar-refractivity contribution is 7.89. The van der Waals surface area contributed by atoms with Crippen molar-refractivity contribution in [3.05, 3.63) is 60.2 Å². The van der Waals surface area contributed by atoms with Gasteiger partial charge in [0.2, 0.25) is 10.0 Å². The summed E-state index contributed by atoms with van der Waals surface area (Å²) in [7, 11) is -3.88. The minimum Gasteiger partial charge on any atom is -0.455 e. The molecule has 0 aromatic heterocycles. The van der Waals surface area contributed by atoms with Crippen molar-refractivity contribution in [3.63, 3.8) is 0 Å². The minimum atomic E-state index is -3.88. The topological polar surface area (TPSA) is 116 Å². The van der Waals surface area contributed by atoms with Crippen molar-refractivity contribution in [3.8, 4) is 0 Å². The molecule has 0 spiro atoms. The quantitative estimate of drug-likeness (QED) is 0.656. The standard InChI is InChI=1S/C20H24N2O5S/c1-3-14(2)19(15-8-5-4-6-9-15)20(24)27-13-18(23)22-16-10-7-11-17(12-16)28(21,25)26/h4-12,14,19H,3,13H2,1-2H3,(H,22,23)(H2,21,25,26). The number of nitrogens with one attached hydrogen (secondary N) is 1. The second-order valence-corrected chi connectivity index (χ2v) is 8.06. The molecule has 2 unspecified atom stereocenters. The lowest BCUT2D eigenvalue weighted by atomic mass is 9.86. The van der Waals surface area contributed by atoms with Gasteiger partial charge < -0.3 is 10.1 Å². The first kappa shape index (κ1) is 21.6. The summed E-state index contributed by atoms with van der Waals surface area (Å²) >= 11 is 0. The molecule has 2 aromatic rings. The maximum Gasteiger partial charge on any atom is 0.314 e. The number of benzene rings is 2. The van der Waals surface area contributed by atoms with Crippen LogP contribution >= 0.6 is 0 Å². The highest BCUT2D eigenvalue weighted by Crippen LogP contribution is 2.28. The minimum absolute atomic E-state index is 0.0457. The average molecular weight is 404 g/mol. The molecule has 0 heterocycles. The van der Waals surface area contributed by atoms with Gasteiger partial charge >= 0.3 is 5.97 Å². The van der Waals surface area contributed by atoms with Crippen LogP contribution in [0.3, 0.4) is 0 Å². The number of amides is 1. The summed E-state index contributed by atoms with van der Waals surface area (Å²) in [5.41, 5.74) is 1.08. The molecule has 0 radical (unpaired) electrons. The van der Waals surface area contributed by atoms with Gasteiger partial charge in [-0.15, -0.1) is 0 Å². The van der Waals surface area contributed by atoms with Crippen LogP contribution in [-0.4, -0.2) is 26.9 Å². The fourth-order valence-electron chi connectivity index (χ4n) is 2.77. The second kappa shape index (κ2) is 9.48. The Morgan fingerprint density at radius 3 is 2.39 bits per heavy atom. The van der Waals surface area contributed by atoms with E-state index in [-0.39, 0.29) is 16.5 Å². The highest BCUT2D eigenvalue weighted by Gasteiger charge is 2.27. The molecule has 1 amide bonds. The largest absolute Gasteiger partial charge is 0.455 e. The number of primary sulfonamides is 1. The van der Waals surface area contributed by atoms with Gasteiger partial charge in [-0.2, -0.15) is 0 Å². The van der Waals surface area contributed by atoms with Crippen LogP contribution in [0.25, 0.3) is 0 Å². The first-order valence-corrected chi connectivity index (χ1v) is 10.4. The number of anilines is 1. The number of nitrogens with two attached hydrogens (primary N) is 1. The number of hydrogen-bond donors (Lipinski definition) is 2. The third-order valence-corrected chi connectivity index (χ3v) is 5.33. The van der Waals surface area contributed by atoms with Crippen LogP contribution in [0.5, 0.6) is 0 Å². The highest BCUT2D eigenvalue weighted by atomic mass is 32.2. The Bertz CT molecular complexity index is 929. The lowest BCUT2D eigenvalue weighted by Gasteiger charge is -2.21. The van der Waals surface area contributed by atoms with Crippen LogP contribution in [0, 0.1) is 5.92 Å². The van der Waals surface area contributed by atoms with Gasteiger partial charge in [0.15, 0.2) is 6.61 Å². The van der Waals surface area contributed by atoms with Gasteiger partial charge in [-0.25, -0.2) is 13.6 Å². The molecular formula is C20H24N2O5S. The first-order chi connectivity index (χ1) is 13.2. The lowest BCUT2D eigenvalue weighted by Crippen LogP contribution is -2.27. The maximum absolute atomic E-state index is 12.6. The third kappa shape index (κ3) is 5.90. The molecule has 0 aliphatic carbocycles. The molecule has 0 bridgehead atoms. The average Bonchev–Trinajstić information content (AvgIpc) is 2.67. The number of esters is 1. The molecule has 2 atom stereocenters. The smallest absolute Gasteiger partial charge is 0.314 e.